The molecule has 0 heterocycles. The summed E-state index contributed by atoms with van der Waals surface area (Å²) in [6.07, 6.45) is 0.348. The van der Waals surface area contributed by atoms with Crippen molar-refractivity contribution in [1.29, 1.82) is 0 Å². The third-order valence-electron chi connectivity index (χ3n) is 3.57. The Morgan fingerprint density at radius 2 is 1.77 bits per heavy atom. The van der Waals surface area contributed by atoms with Gasteiger partial charge in [0.25, 0.3) is 0 Å². The molecule has 0 atom stereocenters. The van der Waals surface area contributed by atoms with Crippen LogP contribution >= 0.6 is 15.9 Å². The molecule has 0 aromatic heterocycles. The van der Waals surface area contributed by atoms with Crippen molar-refractivity contribution in [3.05, 3.63) is 64.1 Å². The van der Waals surface area contributed by atoms with E-state index < -0.39 is 5.54 Å². The molecule has 0 aliphatic rings. The number of halogens is 1. The number of ether oxygens (including phenoxy) is 1. The largest absolute Gasteiger partial charge is 0.497 e. The van der Waals surface area contributed by atoms with Crippen LogP contribution in [0.2, 0.25) is 0 Å². The molecule has 22 heavy (non-hydrogen) atoms. The van der Waals surface area contributed by atoms with Gasteiger partial charge in [-0.25, -0.2) is 0 Å². The third kappa shape index (κ3) is 4.10. The highest BCUT2D eigenvalue weighted by Gasteiger charge is 2.23. The van der Waals surface area contributed by atoms with E-state index in [1.807, 2.05) is 62.4 Å². The molecule has 116 valence electrons. The van der Waals surface area contributed by atoms with Gasteiger partial charge in [0.1, 0.15) is 5.75 Å². The van der Waals surface area contributed by atoms with Crippen LogP contribution < -0.4 is 10.1 Å². The van der Waals surface area contributed by atoms with Gasteiger partial charge in [0.2, 0.25) is 5.91 Å². The second-order valence-corrected chi connectivity index (χ2v) is 6.52. The lowest BCUT2D eigenvalue weighted by Gasteiger charge is -2.27. The van der Waals surface area contributed by atoms with Crippen molar-refractivity contribution in [2.45, 2.75) is 25.8 Å². The van der Waals surface area contributed by atoms with Gasteiger partial charge in [0, 0.05) is 4.47 Å². The van der Waals surface area contributed by atoms with E-state index in [0.717, 1.165) is 21.3 Å². The smallest absolute Gasteiger partial charge is 0.225 e. The average molecular weight is 362 g/mol. The summed E-state index contributed by atoms with van der Waals surface area (Å²) in [5.74, 6) is 0.798. The van der Waals surface area contributed by atoms with Crippen LogP contribution in [0, 0.1) is 0 Å². The molecule has 0 aliphatic heterocycles. The Balaban J connectivity index is 2.07. The zero-order valence-corrected chi connectivity index (χ0v) is 14.6. The number of methoxy groups -OCH3 is 1. The first-order chi connectivity index (χ1) is 10.4. The molecule has 4 heteroatoms. The summed E-state index contributed by atoms with van der Waals surface area (Å²) in [7, 11) is 1.64. The van der Waals surface area contributed by atoms with Crippen LogP contribution in [0.15, 0.2) is 53.0 Å². The molecule has 0 fully saturated rings. The number of benzene rings is 2. The minimum absolute atomic E-state index is 0.00674. The van der Waals surface area contributed by atoms with Crippen molar-refractivity contribution in [3.8, 4) is 5.75 Å². The Bertz CT molecular complexity index is 650. The van der Waals surface area contributed by atoms with E-state index in [4.69, 9.17) is 4.74 Å². The molecule has 0 saturated heterocycles. The molecular weight excluding hydrogens is 342 g/mol. The number of carbonyl (C=O) groups excluding carboxylic acids is 1. The first-order valence-electron chi connectivity index (χ1n) is 7.11. The van der Waals surface area contributed by atoms with Crippen LogP contribution in [0.25, 0.3) is 0 Å². The summed E-state index contributed by atoms with van der Waals surface area (Å²) in [4.78, 5) is 12.3. The predicted molar refractivity (Wildman–Crippen MR) is 92.0 cm³/mol. The van der Waals surface area contributed by atoms with E-state index in [9.17, 15) is 4.79 Å². The highest BCUT2D eigenvalue weighted by Crippen LogP contribution is 2.23. The molecule has 2 aromatic carbocycles. The standard InChI is InChI=1S/C18H20BrNO2/c1-18(2,14-8-10-15(22-3)11-9-14)20-17(21)12-13-6-4-5-7-16(13)19/h4-11H,12H2,1-3H3,(H,20,21). The average Bonchev–Trinajstić information content (AvgIpc) is 2.49. The molecule has 1 N–H and O–H groups in total. The molecule has 1 amide bonds. The highest BCUT2D eigenvalue weighted by atomic mass is 79.9. The van der Waals surface area contributed by atoms with Gasteiger partial charge in [-0.05, 0) is 43.2 Å². The molecule has 0 aliphatic carbocycles. The van der Waals surface area contributed by atoms with E-state index >= 15 is 0 Å². The number of nitrogens with one attached hydrogen (secondary N) is 1. The summed E-state index contributed by atoms with van der Waals surface area (Å²) in [5, 5.41) is 3.09. The van der Waals surface area contributed by atoms with Crippen LogP contribution in [0.1, 0.15) is 25.0 Å². The normalized spacial score (nSPS) is 11.1. The number of hydrogen-bond acceptors (Lipinski definition) is 2. The fourth-order valence-electron chi connectivity index (χ4n) is 2.29. The topological polar surface area (TPSA) is 38.3 Å². The number of carbonyl (C=O) groups is 1. The molecule has 2 aromatic rings. The fraction of sp³-hybridized carbons (Fsp3) is 0.278. The van der Waals surface area contributed by atoms with Gasteiger partial charge >= 0.3 is 0 Å². The van der Waals surface area contributed by atoms with Crippen LogP contribution in [0.4, 0.5) is 0 Å². The molecule has 0 radical (unpaired) electrons. The number of amides is 1. The van der Waals surface area contributed by atoms with Crippen molar-refractivity contribution >= 4 is 21.8 Å². The minimum atomic E-state index is -0.440. The SMILES string of the molecule is COc1ccc(C(C)(C)NC(=O)Cc2ccccc2Br)cc1. The Morgan fingerprint density at radius 3 is 2.36 bits per heavy atom. The van der Waals surface area contributed by atoms with Gasteiger partial charge in [-0.3, -0.25) is 4.79 Å². The first-order valence-corrected chi connectivity index (χ1v) is 7.90. The second-order valence-electron chi connectivity index (χ2n) is 5.67. The maximum absolute atomic E-state index is 12.3. The Morgan fingerprint density at radius 1 is 1.14 bits per heavy atom. The Hall–Kier alpha value is -1.81. The monoisotopic (exact) mass is 361 g/mol. The summed E-state index contributed by atoms with van der Waals surface area (Å²) in [6.45, 7) is 3.99. The molecule has 0 saturated carbocycles. The quantitative estimate of drug-likeness (QED) is 0.872. The van der Waals surface area contributed by atoms with Gasteiger partial charge in [0.15, 0.2) is 0 Å². The van der Waals surface area contributed by atoms with E-state index in [1.54, 1.807) is 7.11 Å². The predicted octanol–water partition coefficient (Wildman–Crippen LogP) is 4.05. The van der Waals surface area contributed by atoms with Gasteiger partial charge in [-0.2, -0.15) is 0 Å². The molecule has 3 nitrogen and oxygen atoms in total. The van der Waals surface area contributed by atoms with Crippen molar-refractivity contribution < 1.29 is 9.53 Å². The van der Waals surface area contributed by atoms with Crippen molar-refractivity contribution in [1.82, 2.24) is 5.32 Å². The summed E-state index contributed by atoms with van der Waals surface area (Å²) in [5.41, 5.74) is 1.57. The maximum Gasteiger partial charge on any atom is 0.225 e. The van der Waals surface area contributed by atoms with Crippen molar-refractivity contribution in [3.63, 3.8) is 0 Å². The zero-order valence-electron chi connectivity index (χ0n) is 13.0. The van der Waals surface area contributed by atoms with Crippen molar-refractivity contribution in [2.24, 2.45) is 0 Å². The van der Waals surface area contributed by atoms with Crippen molar-refractivity contribution in [2.75, 3.05) is 7.11 Å². The van der Waals surface area contributed by atoms with Gasteiger partial charge in [-0.15, -0.1) is 0 Å². The van der Waals surface area contributed by atoms with Gasteiger partial charge in [-0.1, -0.05) is 46.3 Å². The third-order valence-corrected chi connectivity index (χ3v) is 4.35. The lowest BCUT2D eigenvalue weighted by molar-refractivity contribution is -0.122. The Labute approximate surface area is 139 Å². The molecular formula is C18H20BrNO2. The molecule has 0 bridgehead atoms. The first kappa shape index (κ1) is 16.6. The molecule has 0 unspecified atom stereocenters. The van der Waals surface area contributed by atoms with Crippen LogP contribution in [0.5, 0.6) is 5.75 Å². The second kappa shape index (κ2) is 6.97. The van der Waals surface area contributed by atoms with E-state index in [-0.39, 0.29) is 5.91 Å². The molecule has 0 spiro atoms. The van der Waals surface area contributed by atoms with E-state index in [2.05, 4.69) is 21.2 Å². The molecule has 2 rings (SSSR count). The Kier molecular flexibility index (Phi) is 5.24. The van der Waals surface area contributed by atoms with E-state index in [1.165, 1.54) is 0 Å². The van der Waals surface area contributed by atoms with Crippen LogP contribution in [-0.4, -0.2) is 13.0 Å². The van der Waals surface area contributed by atoms with E-state index in [0.29, 0.717) is 6.42 Å². The van der Waals surface area contributed by atoms with Crippen LogP contribution in [0.3, 0.4) is 0 Å². The minimum Gasteiger partial charge on any atom is -0.497 e. The summed E-state index contributed by atoms with van der Waals surface area (Å²) < 4.78 is 6.11. The highest BCUT2D eigenvalue weighted by molar-refractivity contribution is 9.10. The van der Waals surface area contributed by atoms with Gasteiger partial charge < -0.3 is 10.1 Å². The van der Waals surface area contributed by atoms with Gasteiger partial charge in [0.05, 0.1) is 19.1 Å². The van der Waals surface area contributed by atoms with Crippen LogP contribution in [-0.2, 0) is 16.8 Å². The summed E-state index contributed by atoms with van der Waals surface area (Å²) >= 11 is 3.47. The number of rotatable bonds is 5. The summed E-state index contributed by atoms with van der Waals surface area (Å²) in [6, 6.07) is 15.5. The fourth-order valence-corrected chi connectivity index (χ4v) is 2.71. The number of hydrogen-bond donors (Lipinski definition) is 1. The lowest BCUT2D eigenvalue weighted by Crippen LogP contribution is -2.41. The lowest BCUT2D eigenvalue weighted by atomic mass is 9.94. The zero-order chi connectivity index (χ0) is 16.2. The maximum atomic E-state index is 12.3.